The zero-order chi connectivity index (χ0) is 27.6. The van der Waals surface area contributed by atoms with Gasteiger partial charge in [-0.3, -0.25) is 9.89 Å². The molecule has 2 unspecified atom stereocenters. The molecule has 0 radical (unpaired) electrons. The van der Waals surface area contributed by atoms with Gasteiger partial charge in [0.1, 0.15) is 29.3 Å². The molecule has 1 aromatic heterocycles. The van der Waals surface area contributed by atoms with Crippen molar-refractivity contribution >= 4 is 58.2 Å². The third-order valence-corrected chi connectivity index (χ3v) is 7.63. The molecule has 0 spiro atoms. The lowest BCUT2D eigenvalue weighted by atomic mass is 9.86. The zero-order valence-electron chi connectivity index (χ0n) is 22.5. The Kier molecular flexibility index (Phi) is 8.37. The average molecular weight is 560 g/mol. The Bertz CT molecular complexity index is 1220. The van der Waals surface area contributed by atoms with Crippen molar-refractivity contribution < 1.29 is 14.3 Å². The largest absolute Gasteiger partial charge is 0.444 e. The molecule has 2 N–H and O–H groups in total. The highest BCUT2D eigenvalue weighted by molar-refractivity contribution is 8.15. The van der Waals surface area contributed by atoms with E-state index in [0.29, 0.717) is 29.9 Å². The third kappa shape index (κ3) is 6.32. The van der Waals surface area contributed by atoms with E-state index in [2.05, 4.69) is 30.5 Å². The van der Waals surface area contributed by atoms with Crippen LogP contribution in [0.15, 0.2) is 29.3 Å². The van der Waals surface area contributed by atoms with Gasteiger partial charge in [0.05, 0.1) is 34.6 Å². The number of likely N-dealkylation sites (tertiary alicyclic amines) is 1. The van der Waals surface area contributed by atoms with Crippen LogP contribution in [0.5, 0.6) is 0 Å². The minimum absolute atomic E-state index is 0.130. The lowest BCUT2D eigenvalue weighted by Crippen LogP contribution is -2.80. The van der Waals surface area contributed by atoms with Crippen LogP contribution in [0.25, 0.3) is 0 Å². The van der Waals surface area contributed by atoms with Gasteiger partial charge in [0.25, 0.3) is 0 Å². The molecular formula is C26H34ClN7O3S. The molecule has 204 valence electrons. The highest BCUT2D eigenvalue weighted by atomic mass is 35.5. The second-order valence-electron chi connectivity index (χ2n) is 10.3. The van der Waals surface area contributed by atoms with Gasteiger partial charge in [0.15, 0.2) is 5.17 Å². The van der Waals surface area contributed by atoms with E-state index in [1.165, 1.54) is 17.3 Å². The molecule has 2 saturated heterocycles. The number of halogens is 1. The maximum atomic E-state index is 12.2. The van der Waals surface area contributed by atoms with E-state index in [1.54, 1.807) is 4.90 Å². The summed E-state index contributed by atoms with van der Waals surface area (Å²) in [4.78, 5) is 40.4. The van der Waals surface area contributed by atoms with Crippen molar-refractivity contribution in [1.29, 1.82) is 0 Å². The van der Waals surface area contributed by atoms with Gasteiger partial charge in [0, 0.05) is 26.2 Å². The fraction of sp³-hybridized carbons (Fsp3) is 0.500. The number of aliphatic imine (C=N–C) groups is 1. The summed E-state index contributed by atoms with van der Waals surface area (Å²) in [6, 6.07) is 8.16. The fourth-order valence-corrected chi connectivity index (χ4v) is 5.52. The molecule has 12 heteroatoms. The van der Waals surface area contributed by atoms with E-state index in [0.717, 1.165) is 29.4 Å². The number of nitrogens with zero attached hydrogens (tertiary/aromatic N) is 5. The molecule has 5 rings (SSSR count). The van der Waals surface area contributed by atoms with Gasteiger partial charge < -0.3 is 25.1 Å². The van der Waals surface area contributed by atoms with Gasteiger partial charge in [-0.1, -0.05) is 35.5 Å². The normalized spacial score (nSPS) is 21.7. The number of ether oxygens (including phenoxy) is 1. The van der Waals surface area contributed by atoms with E-state index >= 15 is 0 Å². The third-order valence-electron chi connectivity index (χ3n) is 6.30. The lowest BCUT2D eigenvalue weighted by molar-refractivity contribution is -0.107. The van der Waals surface area contributed by atoms with Crippen LogP contribution < -0.4 is 15.5 Å². The summed E-state index contributed by atoms with van der Waals surface area (Å²) in [5.74, 6) is 2.14. The molecule has 10 nitrogen and oxygen atoms in total. The van der Waals surface area contributed by atoms with Crippen molar-refractivity contribution in [3.8, 4) is 0 Å². The van der Waals surface area contributed by atoms with Gasteiger partial charge in [-0.25, -0.2) is 14.8 Å². The molecule has 3 aliphatic rings. The molecule has 0 aliphatic carbocycles. The molecule has 0 saturated carbocycles. The first kappa shape index (κ1) is 28.0. The molecule has 38 heavy (non-hydrogen) atoms. The van der Waals surface area contributed by atoms with Crippen LogP contribution in [-0.4, -0.2) is 82.0 Å². The minimum atomic E-state index is -0.486. The van der Waals surface area contributed by atoms with E-state index in [1.807, 2.05) is 65.9 Å². The van der Waals surface area contributed by atoms with E-state index in [-0.39, 0.29) is 23.4 Å². The number of fused-ring (bicyclic) bond motifs is 1. The molecule has 4 heterocycles. The number of amides is 1. The van der Waals surface area contributed by atoms with Crippen LogP contribution in [0.1, 0.15) is 32.2 Å². The number of piperazine rings is 1. The Hall–Kier alpha value is -3.05. The van der Waals surface area contributed by atoms with Crippen LogP contribution in [0.3, 0.4) is 0 Å². The van der Waals surface area contributed by atoms with Crippen molar-refractivity contribution in [2.45, 2.75) is 57.6 Å². The molecule has 3 atom stereocenters. The number of aromatic nitrogens is 2. The van der Waals surface area contributed by atoms with Gasteiger partial charge in [-0.2, -0.15) is 0 Å². The van der Waals surface area contributed by atoms with Gasteiger partial charge in [-0.15, -0.1) is 0 Å². The summed E-state index contributed by atoms with van der Waals surface area (Å²) in [6.45, 7) is 11.3. The number of aldehydes is 1. The van der Waals surface area contributed by atoms with E-state index in [4.69, 9.17) is 16.3 Å². The maximum Gasteiger partial charge on any atom is 0.410 e. The number of nitrogens with one attached hydrogen (secondary N) is 2. The molecule has 1 amide bonds. The van der Waals surface area contributed by atoms with Crippen molar-refractivity contribution in [1.82, 2.24) is 14.9 Å². The Morgan fingerprint density at radius 2 is 1.97 bits per heavy atom. The Labute approximate surface area is 232 Å². The number of para-hydroxylation sites is 1. The minimum Gasteiger partial charge on any atom is -0.444 e. The quantitative estimate of drug-likeness (QED) is 0.527. The first-order chi connectivity index (χ1) is 18.0. The summed E-state index contributed by atoms with van der Waals surface area (Å²) in [5, 5.41) is 7.56. The average Bonchev–Trinajstić information content (AvgIpc) is 3.27. The zero-order valence-corrected chi connectivity index (χ0v) is 24.1. The molecule has 2 fully saturated rings. The fourth-order valence-electron chi connectivity index (χ4n) is 4.40. The summed E-state index contributed by atoms with van der Waals surface area (Å²) < 4.78 is 5.46. The van der Waals surface area contributed by atoms with Gasteiger partial charge in [0.2, 0.25) is 0 Å². The van der Waals surface area contributed by atoms with Crippen LogP contribution in [0.2, 0.25) is 5.02 Å². The Morgan fingerprint density at radius 1 is 1.21 bits per heavy atom. The Morgan fingerprint density at radius 3 is 2.53 bits per heavy atom. The monoisotopic (exact) mass is 559 g/mol. The van der Waals surface area contributed by atoms with Crippen LogP contribution in [0, 0.1) is 13.8 Å². The summed E-state index contributed by atoms with van der Waals surface area (Å²) in [6.07, 6.45) is 0.655. The van der Waals surface area contributed by atoms with E-state index < -0.39 is 5.60 Å². The topological polar surface area (TPSA) is 112 Å². The summed E-state index contributed by atoms with van der Waals surface area (Å²) in [7, 11) is 1.87. The van der Waals surface area contributed by atoms with Crippen LogP contribution in [-0.2, 0) is 9.53 Å². The number of anilines is 3. The number of carbonyl (C=O) groups is 2. The predicted molar refractivity (Wildman–Crippen MR) is 154 cm³/mol. The van der Waals surface area contributed by atoms with Crippen molar-refractivity contribution in [2.24, 2.45) is 4.99 Å². The molecule has 1 aromatic carbocycles. The number of aryl methyl sites for hydroxylation is 2. The maximum absolute atomic E-state index is 12.2. The SMILES string of the molecule is CNc1c(C)cccc1Cl.Cc1nc(NC2=NCC(C=O)S2)cc(N2CC3[C@@H]2CN3C(=O)OC(C)(C)C)n1. The first-order valence-corrected chi connectivity index (χ1v) is 13.7. The smallest absolute Gasteiger partial charge is 0.410 e. The van der Waals surface area contributed by atoms with Crippen molar-refractivity contribution in [3.63, 3.8) is 0 Å². The summed E-state index contributed by atoms with van der Waals surface area (Å²) >= 11 is 7.27. The standard InChI is InChI=1S/C18H24N6O3S.C8H10ClN/c1-10-20-14(22-16-19-6-11(9-25)28-16)5-15(21-10)23-7-13-12(23)8-24(13)17(26)27-18(2,3)4;1-6-4-3-5-7(9)8(6)10-2/h5,9,11-13H,6-8H2,1-4H3,(H,19,20,21,22);3-5,10H,1-2H3/t11?,12-,13?;/m0./s1. The highest BCUT2D eigenvalue weighted by Gasteiger charge is 2.55. The number of thioether (sulfide) groups is 1. The van der Waals surface area contributed by atoms with Gasteiger partial charge in [-0.05, 0) is 46.2 Å². The van der Waals surface area contributed by atoms with Gasteiger partial charge >= 0.3 is 6.09 Å². The molecule has 2 aromatic rings. The van der Waals surface area contributed by atoms with Crippen molar-refractivity contribution in [3.05, 3.63) is 40.7 Å². The highest BCUT2D eigenvalue weighted by Crippen LogP contribution is 2.38. The van der Waals surface area contributed by atoms with E-state index in [9.17, 15) is 9.59 Å². The number of rotatable bonds is 4. The summed E-state index contributed by atoms with van der Waals surface area (Å²) in [5.41, 5.74) is 1.71. The predicted octanol–water partition coefficient (Wildman–Crippen LogP) is 4.37. The second kappa shape index (κ2) is 11.4. The molecule has 0 bridgehead atoms. The number of hydrogen-bond donors (Lipinski definition) is 2. The van der Waals surface area contributed by atoms with Crippen molar-refractivity contribution in [2.75, 3.05) is 42.2 Å². The second-order valence-corrected chi connectivity index (χ2v) is 12.0. The number of carbonyl (C=O) groups excluding carboxylic acids is 2. The lowest BCUT2D eigenvalue weighted by Gasteiger charge is -2.61. The van der Waals surface area contributed by atoms with Crippen LogP contribution >= 0.6 is 23.4 Å². The molecular weight excluding hydrogens is 526 g/mol. The number of hydrogen-bond acceptors (Lipinski definition) is 10. The molecule has 3 aliphatic heterocycles. The number of benzene rings is 1. The van der Waals surface area contributed by atoms with Crippen LogP contribution in [0.4, 0.5) is 22.1 Å². The first-order valence-electron chi connectivity index (χ1n) is 12.5. The Balaban J connectivity index is 0.000000283. The number of amidine groups is 1.